The molecule has 0 radical (unpaired) electrons. The first-order valence-electron chi connectivity index (χ1n) is 4.91. The first-order chi connectivity index (χ1) is 6.26. The summed E-state index contributed by atoms with van der Waals surface area (Å²) in [4.78, 5) is 2.14. The molecule has 1 aliphatic heterocycles. The molecule has 3 N–H and O–H groups in total. The van der Waals surface area contributed by atoms with Gasteiger partial charge in [-0.1, -0.05) is 0 Å². The zero-order valence-corrected chi connectivity index (χ0v) is 7.63. The van der Waals surface area contributed by atoms with Crippen molar-refractivity contribution in [1.29, 1.82) is 0 Å². The number of rotatable bonds is 3. The van der Waals surface area contributed by atoms with E-state index < -0.39 is 0 Å². The van der Waals surface area contributed by atoms with Crippen molar-refractivity contribution < 1.29 is 15.3 Å². The predicted molar refractivity (Wildman–Crippen MR) is 47.2 cm³/mol. The van der Waals surface area contributed by atoms with Crippen molar-refractivity contribution in [3.05, 3.63) is 0 Å². The Morgan fingerprint density at radius 1 is 1.15 bits per heavy atom. The minimum absolute atomic E-state index is 0.108. The van der Waals surface area contributed by atoms with E-state index in [0.717, 1.165) is 6.42 Å². The molecule has 13 heavy (non-hydrogen) atoms. The van der Waals surface area contributed by atoms with E-state index in [4.69, 9.17) is 10.2 Å². The maximum absolute atomic E-state index is 9.42. The van der Waals surface area contributed by atoms with Gasteiger partial charge in [-0.15, -0.1) is 0 Å². The molecular formula is C9H17NO3. The zero-order chi connectivity index (χ0) is 9.42. The van der Waals surface area contributed by atoms with Crippen molar-refractivity contribution in [3.63, 3.8) is 0 Å². The van der Waals surface area contributed by atoms with Crippen molar-refractivity contribution in [3.8, 4) is 0 Å². The fourth-order valence-electron chi connectivity index (χ4n) is 2.34. The van der Waals surface area contributed by atoms with Crippen molar-refractivity contribution in [2.24, 2.45) is 5.92 Å². The molecule has 1 heterocycles. The Morgan fingerprint density at radius 2 is 1.92 bits per heavy atom. The molecule has 1 aliphatic carbocycles. The molecule has 2 rings (SSSR count). The molecule has 76 valence electrons. The Hall–Kier alpha value is -0.160. The lowest BCUT2D eigenvalue weighted by atomic mass is 10.2. The standard InChI is InChI=1S/C9H17NO3/c11-4-6-1-9(6)10-3-8(13)2-7(10)5-12/h6-9,11-13H,1-5H2/t6?,7-,8-,9?/m0/s1. The second kappa shape index (κ2) is 3.53. The molecule has 4 nitrogen and oxygen atoms in total. The molecule has 4 heteroatoms. The topological polar surface area (TPSA) is 63.9 Å². The monoisotopic (exact) mass is 187 g/mol. The summed E-state index contributed by atoms with van der Waals surface area (Å²) in [6.45, 7) is 1.01. The highest BCUT2D eigenvalue weighted by Gasteiger charge is 2.46. The van der Waals surface area contributed by atoms with Gasteiger partial charge in [-0.05, 0) is 18.8 Å². The Labute approximate surface area is 77.8 Å². The van der Waals surface area contributed by atoms with Crippen molar-refractivity contribution in [1.82, 2.24) is 4.90 Å². The minimum Gasteiger partial charge on any atom is -0.396 e. The van der Waals surface area contributed by atoms with E-state index in [1.807, 2.05) is 0 Å². The maximum atomic E-state index is 9.42. The van der Waals surface area contributed by atoms with Crippen LogP contribution in [0.15, 0.2) is 0 Å². The average molecular weight is 187 g/mol. The van der Waals surface area contributed by atoms with Crippen molar-refractivity contribution >= 4 is 0 Å². The Balaban J connectivity index is 1.91. The normalized spacial score (nSPS) is 45.5. The van der Waals surface area contributed by atoms with Gasteiger partial charge in [-0.3, -0.25) is 4.90 Å². The molecule has 2 unspecified atom stereocenters. The Morgan fingerprint density at radius 3 is 2.46 bits per heavy atom. The first-order valence-corrected chi connectivity index (χ1v) is 4.91. The van der Waals surface area contributed by atoms with Crippen molar-refractivity contribution in [2.75, 3.05) is 19.8 Å². The highest BCUT2D eigenvalue weighted by molar-refractivity contribution is 5.00. The lowest BCUT2D eigenvalue weighted by molar-refractivity contribution is 0.136. The van der Waals surface area contributed by atoms with Gasteiger partial charge in [-0.25, -0.2) is 0 Å². The third kappa shape index (κ3) is 1.72. The largest absolute Gasteiger partial charge is 0.396 e. The number of nitrogens with zero attached hydrogens (tertiary/aromatic N) is 1. The molecule has 0 bridgehead atoms. The van der Waals surface area contributed by atoms with Crippen LogP contribution in [0.5, 0.6) is 0 Å². The van der Waals surface area contributed by atoms with E-state index in [-0.39, 0.29) is 25.4 Å². The molecule has 1 saturated heterocycles. The van der Waals surface area contributed by atoms with Crippen LogP contribution in [0.1, 0.15) is 12.8 Å². The number of likely N-dealkylation sites (tertiary alicyclic amines) is 1. The highest BCUT2D eigenvalue weighted by atomic mass is 16.3. The molecule has 0 amide bonds. The van der Waals surface area contributed by atoms with Crippen LogP contribution in [0.4, 0.5) is 0 Å². The Kier molecular flexibility index (Phi) is 2.55. The minimum atomic E-state index is -0.294. The van der Waals surface area contributed by atoms with Crippen LogP contribution < -0.4 is 0 Å². The van der Waals surface area contributed by atoms with Crippen LogP contribution in [-0.4, -0.2) is 58.2 Å². The summed E-state index contributed by atoms with van der Waals surface area (Å²) in [6, 6.07) is 0.510. The summed E-state index contributed by atoms with van der Waals surface area (Å²) in [6.07, 6.45) is 1.39. The molecule has 4 atom stereocenters. The zero-order valence-electron chi connectivity index (χ0n) is 7.63. The van der Waals surface area contributed by atoms with E-state index in [0.29, 0.717) is 24.9 Å². The van der Waals surface area contributed by atoms with E-state index in [9.17, 15) is 5.11 Å². The van der Waals surface area contributed by atoms with Gasteiger partial charge in [-0.2, -0.15) is 0 Å². The van der Waals surface area contributed by atoms with E-state index in [2.05, 4.69) is 4.90 Å². The number of β-amino-alcohol motifs (C(OH)–C–C–N with tert-alkyl or cyclic N) is 1. The van der Waals surface area contributed by atoms with Gasteiger partial charge in [0.05, 0.1) is 12.7 Å². The lowest BCUT2D eigenvalue weighted by Crippen LogP contribution is -2.35. The van der Waals surface area contributed by atoms with Crippen LogP contribution >= 0.6 is 0 Å². The summed E-state index contributed by atoms with van der Waals surface area (Å²) >= 11 is 0. The number of aliphatic hydroxyl groups is 3. The smallest absolute Gasteiger partial charge is 0.0683 e. The molecule has 0 aromatic rings. The SMILES string of the molecule is OCC1CC1N1C[C@@H](O)C[C@H]1CO. The van der Waals surface area contributed by atoms with Gasteiger partial charge in [0.15, 0.2) is 0 Å². The van der Waals surface area contributed by atoms with Crippen LogP contribution in [0.3, 0.4) is 0 Å². The first kappa shape index (κ1) is 9.40. The summed E-state index contributed by atoms with van der Waals surface area (Å²) in [5.41, 5.74) is 0. The van der Waals surface area contributed by atoms with Crippen LogP contribution in [0.2, 0.25) is 0 Å². The molecule has 0 aromatic heterocycles. The molecule has 0 aromatic carbocycles. The summed E-state index contributed by atoms with van der Waals surface area (Å²) in [7, 11) is 0. The average Bonchev–Trinajstić information content (AvgIpc) is 2.82. The quantitative estimate of drug-likeness (QED) is 0.519. The van der Waals surface area contributed by atoms with Gasteiger partial charge < -0.3 is 15.3 Å². The summed E-state index contributed by atoms with van der Waals surface area (Å²) in [5, 5.41) is 27.4. The van der Waals surface area contributed by atoms with E-state index in [1.54, 1.807) is 0 Å². The van der Waals surface area contributed by atoms with Gasteiger partial charge in [0.2, 0.25) is 0 Å². The second-order valence-corrected chi connectivity index (χ2v) is 4.17. The fraction of sp³-hybridized carbons (Fsp3) is 1.00. The predicted octanol–water partition coefficient (Wildman–Crippen LogP) is -1.21. The van der Waals surface area contributed by atoms with E-state index >= 15 is 0 Å². The van der Waals surface area contributed by atoms with Gasteiger partial charge in [0.1, 0.15) is 0 Å². The van der Waals surface area contributed by atoms with Crippen LogP contribution in [-0.2, 0) is 0 Å². The number of hydrogen-bond donors (Lipinski definition) is 3. The van der Waals surface area contributed by atoms with E-state index in [1.165, 1.54) is 0 Å². The molecule has 0 spiro atoms. The lowest BCUT2D eigenvalue weighted by Gasteiger charge is -2.22. The van der Waals surface area contributed by atoms with Gasteiger partial charge in [0, 0.05) is 25.2 Å². The fourth-order valence-corrected chi connectivity index (χ4v) is 2.34. The maximum Gasteiger partial charge on any atom is 0.0683 e. The highest BCUT2D eigenvalue weighted by Crippen LogP contribution is 2.39. The number of aliphatic hydroxyl groups excluding tert-OH is 3. The molecule has 2 aliphatic rings. The third-order valence-corrected chi connectivity index (χ3v) is 3.19. The summed E-state index contributed by atoms with van der Waals surface area (Å²) in [5.74, 6) is 0.374. The van der Waals surface area contributed by atoms with Gasteiger partial charge >= 0.3 is 0 Å². The third-order valence-electron chi connectivity index (χ3n) is 3.19. The molecule has 2 fully saturated rings. The van der Waals surface area contributed by atoms with Crippen molar-refractivity contribution in [2.45, 2.75) is 31.0 Å². The Bertz CT molecular complexity index is 188. The van der Waals surface area contributed by atoms with Gasteiger partial charge in [0.25, 0.3) is 0 Å². The van der Waals surface area contributed by atoms with Crippen LogP contribution in [0, 0.1) is 5.92 Å². The molecular weight excluding hydrogens is 170 g/mol. The molecule has 1 saturated carbocycles. The van der Waals surface area contributed by atoms with Crippen LogP contribution in [0.25, 0.3) is 0 Å². The second-order valence-electron chi connectivity index (χ2n) is 4.17. The number of hydrogen-bond acceptors (Lipinski definition) is 4. The summed E-state index contributed by atoms with van der Waals surface area (Å²) < 4.78 is 0.